The number of nitrogens with zero attached hydrogens (tertiary/aromatic N) is 1. The van der Waals surface area contributed by atoms with Crippen LogP contribution >= 0.6 is 23.4 Å². The van der Waals surface area contributed by atoms with Crippen molar-refractivity contribution < 1.29 is 19.4 Å². The number of halogens is 1. The summed E-state index contributed by atoms with van der Waals surface area (Å²) in [5, 5.41) is 11.4. The summed E-state index contributed by atoms with van der Waals surface area (Å²) in [6.07, 6.45) is 3.32. The first-order valence-electron chi connectivity index (χ1n) is 13.8. The van der Waals surface area contributed by atoms with Gasteiger partial charge in [-0.1, -0.05) is 41.9 Å². The zero-order valence-electron chi connectivity index (χ0n) is 22.4. The number of ether oxygens (including phenoxy) is 2. The average Bonchev–Trinajstić information content (AvgIpc) is 3.49. The van der Waals surface area contributed by atoms with Gasteiger partial charge >= 0.3 is 0 Å². The van der Waals surface area contributed by atoms with Crippen molar-refractivity contribution in [3.8, 4) is 5.75 Å². The van der Waals surface area contributed by atoms with Crippen LogP contribution < -0.4 is 4.74 Å². The minimum atomic E-state index is -0.428. The monoisotopic (exact) mass is 565 g/mol. The van der Waals surface area contributed by atoms with E-state index in [0.717, 1.165) is 63.9 Å². The molecule has 3 atom stereocenters. The zero-order chi connectivity index (χ0) is 27.2. The van der Waals surface area contributed by atoms with Crippen molar-refractivity contribution in [2.75, 3.05) is 25.4 Å². The fourth-order valence-electron chi connectivity index (χ4n) is 5.34. The third-order valence-corrected chi connectivity index (χ3v) is 8.85. The largest absolute Gasteiger partial charge is 0.494 e. The molecular formula is C32H36ClNO4S. The molecule has 2 fully saturated rings. The van der Waals surface area contributed by atoms with Crippen LogP contribution in [0.1, 0.15) is 65.8 Å². The highest BCUT2D eigenvalue weighted by Crippen LogP contribution is 2.36. The van der Waals surface area contributed by atoms with Crippen LogP contribution in [-0.4, -0.2) is 53.6 Å². The second-order valence-electron chi connectivity index (χ2n) is 10.3. The molecule has 2 heterocycles. The highest BCUT2D eigenvalue weighted by molar-refractivity contribution is 7.99. The number of carbonyl (C=O) groups is 1. The van der Waals surface area contributed by atoms with Crippen molar-refractivity contribution >= 4 is 29.3 Å². The summed E-state index contributed by atoms with van der Waals surface area (Å²) in [5.41, 5.74) is 3.96. The van der Waals surface area contributed by atoms with Gasteiger partial charge in [0.25, 0.3) is 5.91 Å². The van der Waals surface area contributed by atoms with E-state index in [-0.39, 0.29) is 18.1 Å². The molecule has 1 N–H and O–H groups in total. The molecule has 206 valence electrons. The molecular weight excluding hydrogens is 530 g/mol. The van der Waals surface area contributed by atoms with E-state index in [4.69, 9.17) is 21.1 Å². The smallest absolute Gasteiger partial charge is 0.253 e. The van der Waals surface area contributed by atoms with E-state index in [1.807, 2.05) is 60.4 Å². The minimum absolute atomic E-state index is 0.0908. The summed E-state index contributed by atoms with van der Waals surface area (Å²) < 4.78 is 12.0. The molecule has 0 aliphatic carbocycles. The Morgan fingerprint density at radius 3 is 2.64 bits per heavy atom. The normalized spacial score (nSPS) is 21.2. The van der Waals surface area contributed by atoms with Gasteiger partial charge in [0, 0.05) is 47.2 Å². The Morgan fingerprint density at radius 2 is 1.87 bits per heavy atom. The number of thioether (sulfide) groups is 1. The molecule has 39 heavy (non-hydrogen) atoms. The maximum Gasteiger partial charge on any atom is 0.253 e. The van der Waals surface area contributed by atoms with Gasteiger partial charge in [0.1, 0.15) is 5.75 Å². The first-order chi connectivity index (χ1) is 19.0. The summed E-state index contributed by atoms with van der Waals surface area (Å²) in [6, 6.07) is 22.0. The Balaban J connectivity index is 1.22. The van der Waals surface area contributed by atoms with Crippen LogP contribution in [0.25, 0.3) is 0 Å². The zero-order valence-corrected chi connectivity index (χ0v) is 23.9. The van der Waals surface area contributed by atoms with Crippen LogP contribution in [0.4, 0.5) is 0 Å². The Morgan fingerprint density at radius 1 is 1.08 bits per heavy atom. The number of carbonyl (C=O) groups excluding carboxylic acids is 1. The number of benzene rings is 3. The van der Waals surface area contributed by atoms with E-state index >= 15 is 0 Å². The predicted molar refractivity (Wildman–Crippen MR) is 157 cm³/mol. The van der Waals surface area contributed by atoms with Gasteiger partial charge in [0.15, 0.2) is 0 Å². The molecule has 5 nitrogen and oxygen atoms in total. The van der Waals surface area contributed by atoms with E-state index in [2.05, 4.69) is 18.2 Å². The molecule has 1 amide bonds. The highest BCUT2D eigenvalue weighted by Gasteiger charge is 2.30. The molecule has 2 saturated heterocycles. The number of likely N-dealkylation sites (tertiary alicyclic amines) is 1. The average molecular weight is 566 g/mol. The van der Waals surface area contributed by atoms with E-state index in [0.29, 0.717) is 31.6 Å². The molecule has 3 aromatic carbocycles. The molecule has 0 bridgehead atoms. The fourth-order valence-corrected chi connectivity index (χ4v) is 6.51. The van der Waals surface area contributed by atoms with E-state index < -0.39 is 6.10 Å². The van der Waals surface area contributed by atoms with Crippen molar-refractivity contribution in [3.05, 3.63) is 94.0 Å². The van der Waals surface area contributed by atoms with Gasteiger partial charge < -0.3 is 19.5 Å². The van der Waals surface area contributed by atoms with Crippen LogP contribution in [0.2, 0.25) is 5.02 Å². The SMILES string of the molecule is CCOc1ccc(Cc2cc([C@H]3CC(O)C[C@@H](CSc4cccc(C(=O)N5CCCC5)c4)O3)ccc2Cl)cc1. The third-order valence-electron chi connectivity index (χ3n) is 7.36. The van der Waals surface area contributed by atoms with E-state index in [1.54, 1.807) is 11.8 Å². The summed E-state index contributed by atoms with van der Waals surface area (Å²) in [6.45, 7) is 4.31. The van der Waals surface area contributed by atoms with Crippen LogP contribution in [0, 0.1) is 0 Å². The van der Waals surface area contributed by atoms with Crippen molar-refractivity contribution in [1.29, 1.82) is 0 Å². The second kappa shape index (κ2) is 13.2. The standard InChI is InChI=1S/C32H36ClNO4S/c1-2-37-27-11-8-22(9-12-27)16-25-17-23(10-13-30(25)33)31-20-26(35)19-28(38-31)21-39-29-7-5-6-24(18-29)32(36)34-14-3-4-15-34/h5-13,17-18,26,28,31,35H,2-4,14-16,19-21H2,1H3/t26?,28-,31+/m0/s1. The minimum Gasteiger partial charge on any atom is -0.494 e. The lowest BCUT2D eigenvalue weighted by molar-refractivity contribution is -0.0875. The summed E-state index contributed by atoms with van der Waals surface area (Å²) >= 11 is 8.25. The first-order valence-corrected chi connectivity index (χ1v) is 15.2. The molecule has 0 spiro atoms. The van der Waals surface area contributed by atoms with E-state index in [1.165, 1.54) is 0 Å². The van der Waals surface area contributed by atoms with Gasteiger partial charge in [0.05, 0.1) is 24.9 Å². The molecule has 2 aliphatic rings. The van der Waals surface area contributed by atoms with Crippen molar-refractivity contribution in [2.24, 2.45) is 0 Å². The van der Waals surface area contributed by atoms with Crippen LogP contribution in [-0.2, 0) is 11.2 Å². The van der Waals surface area contributed by atoms with Gasteiger partial charge in [0.2, 0.25) is 0 Å². The van der Waals surface area contributed by atoms with Gasteiger partial charge in [-0.3, -0.25) is 4.79 Å². The lowest BCUT2D eigenvalue weighted by Crippen LogP contribution is -2.32. The number of rotatable bonds is 9. The summed E-state index contributed by atoms with van der Waals surface area (Å²) in [7, 11) is 0. The van der Waals surface area contributed by atoms with Gasteiger partial charge in [-0.15, -0.1) is 11.8 Å². The Labute approximate surface area is 240 Å². The maximum atomic E-state index is 12.8. The molecule has 2 aliphatic heterocycles. The molecule has 3 aromatic rings. The highest BCUT2D eigenvalue weighted by atomic mass is 35.5. The number of aliphatic hydroxyl groups is 1. The van der Waals surface area contributed by atoms with Gasteiger partial charge in [-0.05, 0) is 79.3 Å². The second-order valence-corrected chi connectivity index (χ2v) is 11.8. The molecule has 0 radical (unpaired) electrons. The maximum absolute atomic E-state index is 12.8. The Hall–Kier alpha value is -2.51. The van der Waals surface area contributed by atoms with Gasteiger partial charge in [-0.25, -0.2) is 0 Å². The van der Waals surface area contributed by atoms with Crippen LogP contribution in [0.3, 0.4) is 0 Å². The number of aliphatic hydroxyl groups excluding tert-OH is 1. The lowest BCUT2D eigenvalue weighted by Gasteiger charge is -2.33. The Bertz CT molecular complexity index is 1260. The Kier molecular flexibility index (Phi) is 9.51. The quantitative estimate of drug-likeness (QED) is 0.285. The number of hydrogen-bond donors (Lipinski definition) is 1. The summed E-state index contributed by atoms with van der Waals surface area (Å²) in [4.78, 5) is 15.8. The molecule has 5 rings (SSSR count). The predicted octanol–water partition coefficient (Wildman–Crippen LogP) is 6.94. The fraction of sp³-hybridized carbons (Fsp3) is 0.406. The van der Waals surface area contributed by atoms with E-state index in [9.17, 15) is 9.90 Å². The van der Waals surface area contributed by atoms with Crippen molar-refractivity contribution in [1.82, 2.24) is 4.90 Å². The molecule has 0 saturated carbocycles. The van der Waals surface area contributed by atoms with Crippen molar-refractivity contribution in [2.45, 2.75) is 62.2 Å². The lowest BCUT2D eigenvalue weighted by atomic mass is 9.94. The van der Waals surface area contributed by atoms with Crippen LogP contribution in [0.5, 0.6) is 5.75 Å². The van der Waals surface area contributed by atoms with Crippen LogP contribution in [0.15, 0.2) is 71.6 Å². The van der Waals surface area contributed by atoms with Gasteiger partial charge in [-0.2, -0.15) is 0 Å². The molecule has 1 unspecified atom stereocenters. The molecule has 7 heteroatoms. The molecule has 0 aromatic heterocycles. The number of amides is 1. The summed E-state index contributed by atoms with van der Waals surface area (Å²) in [5.74, 6) is 1.68. The van der Waals surface area contributed by atoms with Crippen molar-refractivity contribution in [3.63, 3.8) is 0 Å². The third kappa shape index (κ3) is 7.37. The first kappa shape index (κ1) is 28.0. The topological polar surface area (TPSA) is 59.0 Å². The number of hydrogen-bond acceptors (Lipinski definition) is 5.